The molecule has 0 aliphatic carbocycles. The van der Waals surface area contributed by atoms with Gasteiger partial charge in [-0.15, -0.1) is 0 Å². The van der Waals surface area contributed by atoms with E-state index in [0.29, 0.717) is 29.7 Å². The molecule has 7 nitrogen and oxygen atoms in total. The lowest BCUT2D eigenvalue weighted by molar-refractivity contribution is 0.414. The zero-order valence-corrected chi connectivity index (χ0v) is 18.6. The second kappa shape index (κ2) is 9.50. The second-order valence-electron chi connectivity index (χ2n) is 6.72. The number of anilines is 1. The van der Waals surface area contributed by atoms with Gasteiger partial charge < -0.3 is 9.64 Å². The molecule has 0 unspecified atom stereocenters. The highest BCUT2D eigenvalue weighted by atomic mass is 32.2. The van der Waals surface area contributed by atoms with Crippen molar-refractivity contribution in [1.82, 2.24) is 13.7 Å². The summed E-state index contributed by atoms with van der Waals surface area (Å²) in [4.78, 5) is 6.58. The second-order valence-corrected chi connectivity index (χ2v) is 9.50. The van der Waals surface area contributed by atoms with E-state index < -0.39 is 10.0 Å². The summed E-state index contributed by atoms with van der Waals surface area (Å²) in [6.45, 7) is 0.745. The minimum absolute atomic E-state index is 0.214. The lowest BCUT2D eigenvalue weighted by Gasteiger charge is -2.21. The van der Waals surface area contributed by atoms with Gasteiger partial charge in [0.05, 0.1) is 12.0 Å². The van der Waals surface area contributed by atoms with Crippen LogP contribution in [0.3, 0.4) is 0 Å². The Bertz CT molecular complexity index is 1070. The molecule has 0 N–H and O–H groups in total. The average molecular weight is 451 g/mol. The molecule has 10 heteroatoms. The van der Waals surface area contributed by atoms with Crippen LogP contribution >= 0.6 is 11.5 Å². The van der Waals surface area contributed by atoms with Crippen molar-refractivity contribution in [3.63, 3.8) is 0 Å². The van der Waals surface area contributed by atoms with Crippen molar-refractivity contribution in [2.45, 2.75) is 11.3 Å². The van der Waals surface area contributed by atoms with Crippen molar-refractivity contribution in [3.05, 3.63) is 65.7 Å². The number of rotatable bonds is 9. The highest BCUT2D eigenvalue weighted by Crippen LogP contribution is 2.20. The standard InChI is InChI=1S/C20H23FN4O3S2/c1-24(20-22-19(23-29-20)14-15-4-6-16(21)7-5-15)12-13-25(2)30(26,27)18-10-8-17(28-3)9-11-18/h4-11H,12-14H2,1-3H3. The number of likely N-dealkylation sites (N-methyl/N-ethyl adjacent to an activating group) is 2. The Balaban J connectivity index is 1.58. The summed E-state index contributed by atoms with van der Waals surface area (Å²) < 4.78 is 49.2. The molecule has 3 aromatic rings. The van der Waals surface area contributed by atoms with E-state index in [1.165, 1.54) is 47.2 Å². The van der Waals surface area contributed by atoms with Crippen LogP contribution in [-0.4, -0.2) is 56.4 Å². The lowest BCUT2D eigenvalue weighted by Crippen LogP contribution is -2.34. The minimum atomic E-state index is -3.59. The molecule has 0 atom stereocenters. The maximum Gasteiger partial charge on any atom is 0.242 e. The number of aromatic nitrogens is 2. The zero-order chi connectivity index (χ0) is 21.7. The molecule has 0 radical (unpaired) electrons. The third-order valence-corrected chi connectivity index (χ3v) is 7.32. The first kappa shape index (κ1) is 22.1. The van der Waals surface area contributed by atoms with E-state index in [2.05, 4.69) is 9.36 Å². The number of sulfonamides is 1. The van der Waals surface area contributed by atoms with Crippen LogP contribution in [0.5, 0.6) is 5.75 Å². The fourth-order valence-electron chi connectivity index (χ4n) is 2.69. The van der Waals surface area contributed by atoms with Gasteiger partial charge in [0.25, 0.3) is 0 Å². The van der Waals surface area contributed by atoms with Crippen molar-refractivity contribution in [2.75, 3.05) is 39.2 Å². The number of hydrogen-bond acceptors (Lipinski definition) is 7. The number of nitrogens with zero attached hydrogens (tertiary/aromatic N) is 4. The number of hydrogen-bond donors (Lipinski definition) is 0. The molecule has 160 valence electrons. The summed E-state index contributed by atoms with van der Waals surface area (Å²) >= 11 is 1.25. The summed E-state index contributed by atoms with van der Waals surface area (Å²) in [5.74, 6) is 0.968. The summed E-state index contributed by atoms with van der Waals surface area (Å²) in [5.41, 5.74) is 0.925. The molecule has 0 saturated heterocycles. The van der Waals surface area contributed by atoms with Gasteiger partial charge in [0, 0.05) is 45.1 Å². The first-order valence-electron chi connectivity index (χ1n) is 9.18. The molecule has 1 heterocycles. The molecule has 0 spiro atoms. The fraction of sp³-hybridized carbons (Fsp3) is 0.300. The molecule has 30 heavy (non-hydrogen) atoms. The Kier molecular flexibility index (Phi) is 7.01. The van der Waals surface area contributed by atoms with Gasteiger partial charge in [-0.05, 0) is 42.0 Å². The van der Waals surface area contributed by atoms with E-state index in [1.807, 2.05) is 11.9 Å². The summed E-state index contributed by atoms with van der Waals surface area (Å²) in [6, 6.07) is 12.5. The van der Waals surface area contributed by atoms with Crippen molar-refractivity contribution in [2.24, 2.45) is 0 Å². The van der Waals surface area contributed by atoms with E-state index in [9.17, 15) is 12.8 Å². The van der Waals surface area contributed by atoms with Gasteiger partial charge in [-0.2, -0.15) is 8.68 Å². The van der Waals surface area contributed by atoms with E-state index >= 15 is 0 Å². The highest BCUT2D eigenvalue weighted by Gasteiger charge is 2.21. The monoisotopic (exact) mass is 450 g/mol. The number of ether oxygens (including phenoxy) is 1. The summed E-state index contributed by atoms with van der Waals surface area (Å²) in [7, 11) is 1.33. The van der Waals surface area contributed by atoms with Crippen LogP contribution in [0.25, 0.3) is 0 Å². The quantitative estimate of drug-likeness (QED) is 0.499. The SMILES string of the molecule is COc1ccc(S(=O)(=O)N(C)CCN(C)c2nc(Cc3ccc(F)cc3)ns2)cc1. The molecule has 0 bridgehead atoms. The van der Waals surface area contributed by atoms with Crippen molar-refractivity contribution >= 4 is 26.7 Å². The van der Waals surface area contributed by atoms with Gasteiger partial charge in [0.2, 0.25) is 15.2 Å². The summed E-state index contributed by atoms with van der Waals surface area (Å²) in [5, 5.41) is 0.697. The molecular weight excluding hydrogens is 427 g/mol. The van der Waals surface area contributed by atoms with Crippen LogP contribution in [0.15, 0.2) is 53.4 Å². The molecule has 3 rings (SSSR count). The van der Waals surface area contributed by atoms with E-state index in [0.717, 1.165) is 5.56 Å². The van der Waals surface area contributed by atoms with Gasteiger partial charge in [0.1, 0.15) is 17.4 Å². The smallest absolute Gasteiger partial charge is 0.242 e. The predicted molar refractivity (Wildman–Crippen MR) is 115 cm³/mol. The third kappa shape index (κ3) is 5.32. The molecule has 0 amide bonds. The Morgan fingerprint density at radius 3 is 2.33 bits per heavy atom. The lowest BCUT2D eigenvalue weighted by atomic mass is 10.1. The Labute approximate surface area is 180 Å². The normalized spacial score (nSPS) is 11.6. The van der Waals surface area contributed by atoms with Crippen LogP contribution < -0.4 is 9.64 Å². The van der Waals surface area contributed by atoms with Crippen LogP contribution in [-0.2, 0) is 16.4 Å². The summed E-state index contributed by atoms with van der Waals surface area (Å²) in [6.07, 6.45) is 0.510. The van der Waals surface area contributed by atoms with Crippen molar-refractivity contribution < 1.29 is 17.5 Å². The maximum atomic E-state index is 13.0. The number of benzene rings is 2. The molecule has 0 aliphatic heterocycles. The molecule has 1 aromatic heterocycles. The van der Waals surface area contributed by atoms with Crippen molar-refractivity contribution in [1.29, 1.82) is 0 Å². The van der Waals surface area contributed by atoms with Crippen molar-refractivity contribution in [3.8, 4) is 5.75 Å². The maximum absolute atomic E-state index is 13.0. The fourth-order valence-corrected chi connectivity index (χ4v) is 4.52. The Morgan fingerprint density at radius 1 is 1.03 bits per heavy atom. The first-order chi connectivity index (χ1) is 14.3. The largest absolute Gasteiger partial charge is 0.497 e. The Morgan fingerprint density at radius 2 is 1.70 bits per heavy atom. The van der Waals surface area contributed by atoms with Crippen LogP contribution in [0.4, 0.5) is 9.52 Å². The molecule has 0 saturated carbocycles. The van der Waals surface area contributed by atoms with Crippen LogP contribution in [0, 0.1) is 5.82 Å². The Hall–Kier alpha value is -2.56. The van der Waals surface area contributed by atoms with Gasteiger partial charge in [-0.3, -0.25) is 0 Å². The third-order valence-electron chi connectivity index (χ3n) is 4.58. The molecule has 0 fully saturated rings. The van der Waals surface area contributed by atoms with E-state index in [-0.39, 0.29) is 17.3 Å². The average Bonchev–Trinajstić information content (AvgIpc) is 3.22. The van der Waals surface area contributed by atoms with Gasteiger partial charge in [-0.25, -0.2) is 17.8 Å². The van der Waals surface area contributed by atoms with E-state index in [1.54, 1.807) is 31.3 Å². The van der Waals surface area contributed by atoms with Gasteiger partial charge >= 0.3 is 0 Å². The van der Waals surface area contributed by atoms with Gasteiger partial charge in [0.15, 0.2) is 0 Å². The number of halogens is 1. The van der Waals surface area contributed by atoms with E-state index in [4.69, 9.17) is 4.74 Å². The predicted octanol–water partition coefficient (Wildman–Crippen LogP) is 3.03. The highest BCUT2D eigenvalue weighted by molar-refractivity contribution is 7.89. The molecule has 2 aromatic carbocycles. The number of methoxy groups -OCH3 is 1. The van der Waals surface area contributed by atoms with Crippen LogP contribution in [0.2, 0.25) is 0 Å². The van der Waals surface area contributed by atoms with Crippen LogP contribution in [0.1, 0.15) is 11.4 Å². The first-order valence-corrected chi connectivity index (χ1v) is 11.4. The molecular formula is C20H23FN4O3S2. The molecule has 0 aliphatic rings. The van der Waals surface area contributed by atoms with Gasteiger partial charge in [-0.1, -0.05) is 12.1 Å². The topological polar surface area (TPSA) is 75.6 Å². The minimum Gasteiger partial charge on any atom is -0.497 e. The zero-order valence-electron chi connectivity index (χ0n) is 16.9.